The van der Waals surface area contributed by atoms with E-state index in [-0.39, 0.29) is 23.0 Å². The van der Waals surface area contributed by atoms with Gasteiger partial charge in [-0.05, 0) is 48.0 Å². The van der Waals surface area contributed by atoms with Crippen molar-refractivity contribution >= 4 is 11.9 Å². The number of nitrogens with zero attached hydrogens (tertiary/aromatic N) is 3. The van der Waals surface area contributed by atoms with Gasteiger partial charge in [0.1, 0.15) is 11.6 Å². The number of amides is 1. The Morgan fingerprint density at radius 1 is 1.03 bits per heavy atom. The molecule has 9 nitrogen and oxygen atoms in total. The van der Waals surface area contributed by atoms with Crippen molar-refractivity contribution in [3.8, 4) is 22.6 Å². The van der Waals surface area contributed by atoms with Crippen LogP contribution in [0.1, 0.15) is 31.5 Å². The van der Waals surface area contributed by atoms with Crippen LogP contribution in [0.4, 0.5) is 14.7 Å². The topological polar surface area (TPSA) is 114 Å². The van der Waals surface area contributed by atoms with Crippen LogP contribution in [0.3, 0.4) is 0 Å². The fourth-order valence-electron chi connectivity index (χ4n) is 4.11. The lowest BCUT2D eigenvalue weighted by Crippen LogP contribution is -2.45. The quantitative estimate of drug-likeness (QED) is 0.302. The van der Waals surface area contributed by atoms with E-state index in [4.69, 9.17) is 14.5 Å². The second-order valence-corrected chi connectivity index (χ2v) is 9.77. The molecule has 1 saturated heterocycles. The van der Waals surface area contributed by atoms with Crippen LogP contribution in [-0.2, 0) is 20.8 Å². The molecule has 0 aliphatic carbocycles. The maximum Gasteiger partial charge on any atom is 0.223 e. The van der Waals surface area contributed by atoms with Crippen molar-refractivity contribution in [3.05, 3.63) is 83.8 Å². The van der Waals surface area contributed by atoms with Gasteiger partial charge in [-0.3, -0.25) is 4.79 Å². The van der Waals surface area contributed by atoms with Crippen LogP contribution in [0.5, 0.6) is 0 Å². The summed E-state index contributed by atoms with van der Waals surface area (Å²) in [6, 6.07) is 13.9. The summed E-state index contributed by atoms with van der Waals surface area (Å²) in [5, 5.41) is 5.96. The van der Waals surface area contributed by atoms with Crippen molar-refractivity contribution in [3.63, 3.8) is 0 Å². The Hall–Kier alpha value is -4.22. The van der Waals surface area contributed by atoms with Crippen LogP contribution in [-0.4, -0.2) is 45.6 Å². The third-order valence-corrected chi connectivity index (χ3v) is 6.27. The number of imidazole rings is 1. The van der Waals surface area contributed by atoms with Crippen molar-refractivity contribution in [2.75, 3.05) is 25.1 Å². The predicted octanol–water partition coefficient (Wildman–Crippen LogP) is 4.61. The summed E-state index contributed by atoms with van der Waals surface area (Å²) in [5.41, 5.74) is 2.86. The summed E-state index contributed by atoms with van der Waals surface area (Å²) >= 11 is 0. The van der Waals surface area contributed by atoms with Gasteiger partial charge in [0, 0.05) is 37.2 Å². The number of nitrogens with one attached hydrogen (secondary N) is 3. The Bertz CT molecular complexity index is 1430. The Morgan fingerprint density at radius 3 is 2.36 bits per heavy atom. The minimum absolute atomic E-state index is 0.116. The molecule has 202 valence electrons. The molecule has 11 heteroatoms. The molecular weight excluding hydrogens is 506 g/mol. The van der Waals surface area contributed by atoms with Crippen molar-refractivity contribution in [1.82, 2.24) is 25.3 Å². The highest BCUT2D eigenvalue weighted by Crippen LogP contribution is 2.35. The number of rotatable bonds is 8. The van der Waals surface area contributed by atoms with Crippen molar-refractivity contribution < 1.29 is 23.0 Å². The fraction of sp³-hybridized carbons (Fsp3) is 0.286. The molecule has 2 aromatic carbocycles. The molecule has 3 heterocycles. The van der Waals surface area contributed by atoms with Crippen molar-refractivity contribution in [2.45, 2.75) is 26.7 Å². The number of H-pyrrole nitrogens is 1. The van der Waals surface area contributed by atoms with E-state index in [1.165, 1.54) is 31.2 Å². The van der Waals surface area contributed by atoms with Crippen molar-refractivity contribution in [1.29, 1.82) is 0 Å². The monoisotopic (exact) mass is 534 g/mol. The molecule has 0 unspecified atom stereocenters. The van der Waals surface area contributed by atoms with Gasteiger partial charge in [-0.1, -0.05) is 19.1 Å². The Morgan fingerprint density at radius 2 is 1.69 bits per heavy atom. The summed E-state index contributed by atoms with van der Waals surface area (Å²) in [6.45, 7) is 4.97. The van der Waals surface area contributed by atoms with E-state index in [9.17, 15) is 13.6 Å². The van der Waals surface area contributed by atoms with Crippen LogP contribution in [0.2, 0.25) is 0 Å². The SMILES string of the molecule is CC(=O)NCC1(C)COC(c2nc(-c3ccc(F)cc3)c(-c3ccnc(NCc4ccc(F)cc4)n3)[nH]2)OC1. The van der Waals surface area contributed by atoms with Crippen LogP contribution in [0.15, 0.2) is 60.8 Å². The number of halogens is 2. The third-order valence-electron chi connectivity index (χ3n) is 6.27. The first-order valence-electron chi connectivity index (χ1n) is 12.4. The van der Waals surface area contributed by atoms with E-state index in [0.29, 0.717) is 60.7 Å². The average molecular weight is 535 g/mol. The van der Waals surface area contributed by atoms with Crippen molar-refractivity contribution in [2.24, 2.45) is 5.41 Å². The molecule has 0 atom stereocenters. The van der Waals surface area contributed by atoms with E-state index in [1.54, 1.807) is 36.5 Å². The van der Waals surface area contributed by atoms with Gasteiger partial charge in [0.25, 0.3) is 0 Å². The molecule has 1 amide bonds. The third kappa shape index (κ3) is 6.44. The van der Waals surface area contributed by atoms with E-state index >= 15 is 0 Å². The van der Waals surface area contributed by atoms with Gasteiger partial charge in [-0.25, -0.2) is 23.7 Å². The maximum atomic E-state index is 13.7. The van der Waals surface area contributed by atoms with Crippen LogP contribution >= 0.6 is 0 Å². The number of carbonyl (C=O) groups is 1. The molecule has 0 bridgehead atoms. The normalized spacial score (nSPS) is 19.0. The molecule has 2 aromatic heterocycles. The number of carbonyl (C=O) groups excluding carboxylic acids is 1. The second kappa shape index (κ2) is 11.3. The van der Waals surface area contributed by atoms with E-state index in [1.807, 2.05) is 6.92 Å². The first kappa shape index (κ1) is 26.4. The number of benzene rings is 2. The zero-order chi connectivity index (χ0) is 27.4. The number of ether oxygens (including phenoxy) is 2. The fourth-order valence-corrected chi connectivity index (χ4v) is 4.11. The van der Waals surface area contributed by atoms with Gasteiger partial charge in [0.15, 0.2) is 5.82 Å². The van der Waals surface area contributed by atoms with Gasteiger partial charge < -0.3 is 25.1 Å². The zero-order valence-electron chi connectivity index (χ0n) is 21.5. The molecule has 5 rings (SSSR count). The lowest BCUT2D eigenvalue weighted by atomic mass is 9.92. The number of aromatic amines is 1. The summed E-state index contributed by atoms with van der Waals surface area (Å²) in [5.74, 6) is 0.0306. The molecular formula is C28H28F2N6O3. The zero-order valence-corrected chi connectivity index (χ0v) is 21.5. The standard InChI is InChI=1S/C28H28F2N6O3/c1-17(37)33-14-28(2)15-38-26(39-16-28)25-35-23(19-5-9-21(30)10-6-19)24(36-25)22-11-12-31-27(34-22)32-13-18-3-7-20(29)8-4-18/h3-12,26H,13-16H2,1-2H3,(H,33,37)(H,35,36)(H,31,32,34). The summed E-state index contributed by atoms with van der Waals surface area (Å²) < 4.78 is 38.9. The van der Waals surface area contributed by atoms with Gasteiger partial charge in [0.2, 0.25) is 18.1 Å². The summed E-state index contributed by atoms with van der Waals surface area (Å²) in [6.07, 6.45) is 0.854. The first-order valence-corrected chi connectivity index (χ1v) is 12.4. The van der Waals surface area contributed by atoms with Crippen LogP contribution in [0, 0.1) is 17.0 Å². The molecule has 1 fully saturated rings. The molecule has 3 N–H and O–H groups in total. The Labute approximate surface area is 224 Å². The highest BCUT2D eigenvalue weighted by molar-refractivity contribution is 5.77. The summed E-state index contributed by atoms with van der Waals surface area (Å²) in [7, 11) is 0. The molecule has 0 radical (unpaired) electrons. The number of anilines is 1. The molecule has 0 saturated carbocycles. The minimum atomic E-state index is -0.763. The van der Waals surface area contributed by atoms with E-state index < -0.39 is 6.29 Å². The number of aromatic nitrogens is 4. The van der Waals surface area contributed by atoms with Crippen LogP contribution < -0.4 is 10.6 Å². The van der Waals surface area contributed by atoms with Gasteiger partial charge in [0.05, 0.1) is 30.3 Å². The molecule has 0 spiro atoms. The van der Waals surface area contributed by atoms with Gasteiger partial charge in [-0.2, -0.15) is 0 Å². The van der Waals surface area contributed by atoms with Gasteiger partial charge >= 0.3 is 0 Å². The van der Waals surface area contributed by atoms with Gasteiger partial charge in [-0.15, -0.1) is 0 Å². The lowest BCUT2D eigenvalue weighted by molar-refractivity contribution is -0.232. The average Bonchev–Trinajstić information content (AvgIpc) is 3.38. The van der Waals surface area contributed by atoms with E-state index in [2.05, 4.69) is 25.6 Å². The summed E-state index contributed by atoms with van der Waals surface area (Å²) in [4.78, 5) is 28.3. The maximum absolute atomic E-state index is 13.7. The first-order chi connectivity index (χ1) is 18.8. The number of hydrogen-bond donors (Lipinski definition) is 3. The molecule has 39 heavy (non-hydrogen) atoms. The Balaban J connectivity index is 1.40. The van der Waals surface area contributed by atoms with E-state index in [0.717, 1.165) is 5.56 Å². The highest BCUT2D eigenvalue weighted by Gasteiger charge is 2.35. The smallest absolute Gasteiger partial charge is 0.223 e. The molecule has 1 aliphatic rings. The molecule has 4 aromatic rings. The molecule has 1 aliphatic heterocycles. The predicted molar refractivity (Wildman–Crippen MR) is 140 cm³/mol. The van der Waals surface area contributed by atoms with Crippen LogP contribution in [0.25, 0.3) is 22.6 Å². The second-order valence-electron chi connectivity index (χ2n) is 9.77. The Kier molecular flexibility index (Phi) is 7.62. The highest BCUT2D eigenvalue weighted by atomic mass is 19.1. The number of hydrogen-bond acceptors (Lipinski definition) is 7. The largest absolute Gasteiger partial charge is 0.356 e. The lowest BCUT2D eigenvalue weighted by Gasteiger charge is -2.36. The minimum Gasteiger partial charge on any atom is -0.356 e.